The molecular weight excluding hydrogens is 366 g/mol. The standard InChI is InChI=1S/C20H21NO3S2/c21-13-16-6-8-17(9-7-16)14-26(23,24)15-18(22)20(10-2-1-3-11-20)19-5-4-12-25-19/h4-9,12H,1-3,10-11,14-15H2. The van der Waals surface area contributed by atoms with Crippen molar-refractivity contribution in [1.82, 2.24) is 0 Å². The summed E-state index contributed by atoms with van der Waals surface area (Å²) in [6, 6.07) is 12.4. The quantitative estimate of drug-likeness (QED) is 0.751. The summed E-state index contributed by atoms with van der Waals surface area (Å²) in [5.41, 5.74) is 0.455. The maximum absolute atomic E-state index is 13.1. The Morgan fingerprint density at radius 3 is 2.38 bits per heavy atom. The van der Waals surface area contributed by atoms with E-state index in [4.69, 9.17) is 5.26 Å². The Kier molecular flexibility index (Phi) is 5.59. The normalized spacial score (nSPS) is 16.7. The first-order valence-corrected chi connectivity index (χ1v) is 11.4. The Hall–Kier alpha value is -1.97. The van der Waals surface area contributed by atoms with Gasteiger partial charge in [-0.15, -0.1) is 11.3 Å². The van der Waals surface area contributed by atoms with Crippen LogP contribution in [-0.4, -0.2) is 20.0 Å². The minimum Gasteiger partial charge on any atom is -0.298 e. The Morgan fingerprint density at radius 1 is 1.12 bits per heavy atom. The van der Waals surface area contributed by atoms with Gasteiger partial charge >= 0.3 is 0 Å². The van der Waals surface area contributed by atoms with Gasteiger partial charge in [0, 0.05) is 4.88 Å². The molecule has 6 heteroatoms. The van der Waals surface area contributed by atoms with Gasteiger partial charge in [-0.25, -0.2) is 8.42 Å². The van der Waals surface area contributed by atoms with E-state index < -0.39 is 21.0 Å². The van der Waals surface area contributed by atoms with E-state index in [1.54, 1.807) is 35.6 Å². The SMILES string of the molecule is N#Cc1ccc(CS(=O)(=O)CC(=O)C2(c3cccs3)CCCCC2)cc1. The average Bonchev–Trinajstić information content (AvgIpc) is 3.17. The highest BCUT2D eigenvalue weighted by atomic mass is 32.2. The summed E-state index contributed by atoms with van der Waals surface area (Å²) in [5.74, 6) is -0.774. The van der Waals surface area contributed by atoms with Gasteiger partial charge in [-0.2, -0.15) is 5.26 Å². The molecule has 1 aliphatic carbocycles. The molecule has 1 aromatic carbocycles. The van der Waals surface area contributed by atoms with E-state index in [-0.39, 0.29) is 11.5 Å². The van der Waals surface area contributed by atoms with Gasteiger partial charge in [-0.3, -0.25) is 4.79 Å². The summed E-state index contributed by atoms with van der Waals surface area (Å²) in [6.07, 6.45) is 4.48. The fraction of sp³-hybridized carbons (Fsp3) is 0.400. The summed E-state index contributed by atoms with van der Waals surface area (Å²) in [7, 11) is -3.56. The molecular formula is C20H21NO3S2. The zero-order chi connectivity index (χ0) is 18.6. The second kappa shape index (κ2) is 7.73. The predicted octanol–water partition coefficient (Wildman–Crippen LogP) is 4.01. The number of thiophene rings is 1. The number of nitriles is 1. The predicted molar refractivity (Wildman–Crippen MR) is 103 cm³/mol. The molecule has 0 saturated heterocycles. The van der Waals surface area contributed by atoms with Gasteiger partial charge in [0.1, 0.15) is 5.75 Å². The third-order valence-electron chi connectivity index (χ3n) is 5.05. The molecule has 0 aliphatic heterocycles. The van der Waals surface area contributed by atoms with E-state index in [2.05, 4.69) is 0 Å². The first kappa shape index (κ1) is 18.8. The molecule has 0 unspecified atom stereocenters. The fourth-order valence-electron chi connectivity index (χ4n) is 3.69. The second-order valence-corrected chi connectivity index (χ2v) is 9.90. The summed E-state index contributed by atoms with van der Waals surface area (Å²) in [6.45, 7) is 0. The summed E-state index contributed by atoms with van der Waals surface area (Å²) >= 11 is 1.54. The largest absolute Gasteiger partial charge is 0.298 e. The van der Waals surface area contributed by atoms with Crippen molar-refractivity contribution >= 4 is 27.0 Å². The molecule has 0 bridgehead atoms. The second-order valence-electron chi connectivity index (χ2n) is 6.88. The molecule has 4 nitrogen and oxygen atoms in total. The van der Waals surface area contributed by atoms with Gasteiger partial charge in [0.15, 0.2) is 15.6 Å². The Balaban J connectivity index is 1.78. The number of sulfone groups is 1. The van der Waals surface area contributed by atoms with Crippen LogP contribution in [0.15, 0.2) is 41.8 Å². The highest BCUT2D eigenvalue weighted by Crippen LogP contribution is 2.42. The molecule has 2 aromatic rings. The maximum Gasteiger partial charge on any atom is 0.161 e. The van der Waals surface area contributed by atoms with Gasteiger partial charge in [-0.1, -0.05) is 37.5 Å². The van der Waals surface area contributed by atoms with Crippen molar-refractivity contribution < 1.29 is 13.2 Å². The van der Waals surface area contributed by atoms with E-state index >= 15 is 0 Å². The number of hydrogen-bond acceptors (Lipinski definition) is 5. The van der Waals surface area contributed by atoms with Crippen LogP contribution in [0.25, 0.3) is 0 Å². The van der Waals surface area contributed by atoms with Crippen LogP contribution in [0.4, 0.5) is 0 Å². The number of Topliss-reactive ketones (excluding diaryl/α,β-unsaturated/α-hetero) is 1. The molecule has 1 fully saturated rings. The lowest BCUT2D eigenvalue weighted by Crippen LogP contribution is -2.41. The molecule has 0 N–H and O–H groups in total. The maximum atomic E-state index is 13.1. The van der Waals surface area contributed by atoms with E-state index in [1.807, 2.05) is 23.6 Å². The highest BCUT2D eigenvalue weighted by Gasteiger charge is 2.43. The highest BCUT2D eigenvalue weighted by molar-refractivity contribution is 7.91. The zero-order valence-electron chi connectivity index (χ0n) is 14.5. The Bertz CT molecular complexity index is 901. The van der Waals surface area contributed by atoms with Crippen LogP contribution in [0.3, 0.4) is 0 Å². The van der Waals surface area contributed by atoms with Gasteiger partial charge < -0.3 is 0 Å². The van der Waals surface area contributed by atoms with Gasteiger partial charge in [0.05, 0.1) is 22.8 Å². The number of carbonyl (C=O) groups is 1. The third kappa shape index (κ3) is 4.05. The Morgan fingerprint density at radius 2 is 1.81 bits per heavy atom. The van der Waals surface area contributed by atoms with Gasteiger partial charge in [0.25, 0.3) is 0 Å². The molecule has 3 rings (SSSR count). The lowest BCUT2D eigenvalue weighted by Gasteiger charge is -2.35. The minimum absolute atomic E-state index is 0.173. The van der Waals surface area contributed by atoms with Crippen LogP contribution >= 0.6 is 11.3 Å². The van der Waals surface area contributed by atoms with E-state index in [0.29, 0.717) is 11.1 Å². The lowest BCUT2D eigenvalue weighted by molar-refractivity contribution is -0.123. The number of hydrogen-bond donors (Lipinski definition) is 0. The molecule has 1 aliphatic rings. The number of nitrogens with zero attached hydrogens (tertiary/aromatic N) is 1. The zero-order valence-corrected chi connectivity index (χ0v) is 16.1. The lowest BCUT2D eigenvalue weighted by atomic mass is 9.70. The number of carbonyl (C=O) groups excluding carboxylic acids is 1. The van der Waals surface area contributed by atoms with Crippen molar-refractivity contribution in [2.24, 2.45) is 0 Å². The number of benzene rings is 1. The van der Waals surface area contributed by atoms with Gasteiger partial charge in [0.2, 0.25) is 0 Å². The fourth-order valence-corrected chi connectivity index (χ4v) is 6.17. The average molecular weight is 388 g/mol. The molecule has 1 aromatic heterocycles. The first-order valence-electron chi connectivity index (χ1n) is 8.72. The van der Waals surface area contributed by atoms with Crippen molar-refractivity contribution in [2.75, 3.05) is 5.75 Å². The number of rotatable bonds is 6. The van der Waals surface area contributed by atoms with Crippen LogP contribution in [-0.2, 0) is 25.8 Å². The third-order valence-corrected chi connectivity index (χ3v) is 7.60. The topological polar surface area (TPSA) is 75.0 Å². The molecule has 26 heavy (non-hydrogen) atoms. The summed E-state index contributed by atoms with van der Waals surface area (Å²) in [4.78, 5) is 14.1. The van der Waals surface area contributed by atoms with E-state index in [1.165, 1.54) is 0 Å². The van der Waals surface area contributed by atoms with E-state index in [0.717, 1.165) is 37.0 Å². The summed E-state index contributed by atoms with van der Waals surface area (Å²) in [5, 5.41) is 10.8. The molecule has 1 saturated carbocycles. The van der Waals surface area contributed by atoms with Crippen LogP contribution in [0.5, 0.6) is 0 Å². The molecule has 0 spiro atoms. The summed E-state index contributed by atoms with van der Waals surface area (Å²) < 4.78 is 25.3. The van der Waals surface area contributed by atoms with Crippen molar-refractivity contribution in [3.63, 3.8) is 0 Å². The smallest absolute Gasteiger partial charge is 0.161 e. The number of ketones is 1. The van der Waals surface area contributed by atoms with Crippen LogP contribution in [0.2, 0.25) is 0 Å². The first-order chi connectivity index (χ1) is 12.5. The van der Waals surface area contributed by atoms with Gasteiger partial charge in [-0.05, 0) is 42.0 Å². The van der Waals surface area contributed by atoms with Crippen molar-refractivity contribution in [3.8, 4) is 6.07 Å². The van der Waals surface area contributed by atoms with E-state index in [9.17, 15) is 13.2 Å². The van der Waals surface area contributed by atoms with Crippen LogP contribution in [0.1, 0.15) is 48.1 Å². The molecule has 0 amide bonds. The van der Waals surface area contributed by atoms with Crippen molar-refractivity contribution in [3.05, 3.63) is 57.8 Å². The van der Waals surface area contributed by atoms with Crippen LogP contribution < -0.4 is 0 Å². The minimum atomic E-state index is -3.56. The molecule has 136 valence electrons. The monoisotopic (exact) mass is 387 g/mol. The van der Waals surface area contributed by atoms with Crippen LogP contribution in [0, 0.1) is 11.3 Å². The molecule has 0 radical (unpaired) electrons. The molecule has 1 heterocycles. The van der Waals surface area contributed by atoms with Crippen molar-refractivity contribution in [2.45, 2.75) is 43.3 Å². The van der Waals surface area contributed by atoms with Crippen molar-refractivity contribution in [1.29, 1.82) is 5.26 Å². The Labute approximate surface area is 158 Å². The molecule has 0 atom stereocenters.